The van der Waals surface area contributed by atoms with Gasteiger partial charge < -0.3 is 14.6 Å². The Labute approximate surface area is 97.3 Å². The second-order valence-corrected chi connectivity index (χ2v) is 4.58. The SMILES string of the molecule is COCCN(CCO)CC(=O)OC(C)(C)C. The Kier molecular flexibility index (Phi) is 7.29. The van der Waals surface area contributed by atoms with Crippen molar-refractivity contribution in [1.29, 1.82) is 0 Å². The van der Waals surface area contributed by atoms with E-state index in [0.717, 1.165) is 0 Å². The third-order valence-electron chi connectivity index (χ3n) is 1.80. The molecule has 0 aliphatic rings. The fourth-order valence-corrected chi connectivity index (χ4v) is 1.19. The van der Waals surface area contributed by atoms with Crippen LogP contribution >= 0.6 is 0 Å². The zero-order valence-electron chi connectivity index (χ0n) is 10.7. The second-order valence-electron chi connectivity index (χ2n) is 4.58. The molecule has 0 radical (unpaired) electrons. The average Bonchev–Trinajstić information content (AvgIpc) is 2.11. The predicted octanol–water partition coefficient (Wildman–Crippen LogP) is 0.269. The molecule has 0 amide bonds. The van der Waals surface area contributed by atoms with Crippen molar-refractivity contribution in [3.63, 3.8) is 0 Å². The first-order valence-corrected chi connectivity index (χ1v) is 5.43. The van der Waals surface area contributed by atoms with Crippen molar-refractivity contribution in [1.82, 2.24) is 4.90 Å². The minimum absolute atomic E-state index is 0.0203. The number of ether oxygens (including phenoxy) is 2. The van der Waals surface area contributed by atoms with E-state index in [1.54, 1.807) is 12.0 Å². The zero-order chi connectivity index (χ0) is 12.6. The molecule has 0 fully saturated rings. The molecule has 0 aliphatic heterocycles. The van der Waals surface area contributed by atoms with Gasteiger partial charge in [0.1, 0.15) is 5.60 Å². The Bertz CT molecular complexity index is 201. The summed E-state index contributed by atoms with van der Waals surface area (Å²) in [6.07, 6.45) is 0. The molecule has 0 aromatic rings. The predicted molar refractivity (Wildman–Crippen MR) is 61.2 cm³/mol. The fourth-order valence-electron chi connectivity index (χ4n) is 1.19. The maximum absolute atomic E-state index is 11.5. The summed E-state index contributed by atoms with van der Waals surface area (Å²) < 4.78 is 10.1. The van der Waals surface area contributed by atoms with Crippen molar-refractivity contribution in [2.24, 2.45) is 0 Å². The van der Waals surface area contributed by atoms with Gasteiger partial charge in [-0.25, -0.2) is 0 Å². The first kappa shape index (κ1) is 15.3. The number of hydrogen-bond donors (Lipinski definition) is 1. The maximum atomic E-state index is 11.5. The van der Waals surface area contributed by atoms with E-state index >= 15 is 0 Å². The summed E-state index contributed by atoms with van der Waals surface area (Å²) >= 11 is 0. The number of carbonyl (C=O) groups is 1. The van der Waals surface area contributed by atoms with Crippen LogP contribution < -0.4 is 0 Å². The van der Waals surface area contributed by atoms with Gasteiger partial charge in [-0.05, 0) is 20.8 Å². The standard InChI is InChI=1S/C11H23NO4/c1-11(2,3)16-10(14)9-12(5-7-13)6-8-15-4/h13H,5-9H2,1-4H3. The Morgan fingerprint density at radius 1 is 1.31 bits per heavy atom. The van der Waals surface area contributed by atoms with Gasteiger partial charge in [-0.15, -0.1) is 0 Å². The largest absolute Gasteiger partial charge is 0.459 e. The van der Waals surface area contributed by atoms with E-state index in [9.17, 15) is 4.79 Å². The minimum Gasteiger partial charge on any atom is -0.459 e. The molecule has 0 heterocycles. The molecule has 0 aromatic carbocycles. The molecule has 16 heavy (non-hydrogen) atoms. The third kappa shape index (κ3) is 8.64. The van der Waals surface area contributed by atoms with E-state index in [0.29, 0.717) is 19.7 Å². The molecule has 0 rings (SSSR count). The van der Waals surface area contributed by atoms with Crippen LogP contribution in [-0.4, -0.2) is 61.5 Å². The summed E-state index contributed by atoms with van der Waals surface area (Å²) in [7, 11) is 1.60. The van der Waals surface area contributed by atoms with Crippen molar-refractivity contribution >= 4 is 5.97 Å². The van der Waals surface area contributed by atoms with Gasteiger partial charge in [0.15, 0.2) is 0 Å². The van der Waals surface area contributed by atoms with Crippen molar-refractivity contribution in [3.8, 4) is 0 Å². The lowest BCUT2D eigenvalue weighted by molar-refractivity contribution is -0.156. The van der Waals surface area contributed by atoms with Gasteiger partial charge in [-0.1, -0.05) is 0 Å². The van der Waals surface area contributed by atoms with Crippen LogP contribution in [0.1, 0.15) is 20.8 Å². The Morgan fingerprint density at radius 3 is 2.38 bits per heavy atom. The number of methoxy groups -OCH3 is 1. The molecule has 0 aliphatic carbocycles. The van der Waals surface area contributed by atoms with E-state index < -0.39 is 5.60 Å². The highest BCUT2D eigenvalue weighted by Gasteiger charge is 2.18. The van der Waals surface area contributed by atoms with Crippen LogP contribution in [0.25, 0.3) is 0 Å². The number of carbonyl (C=O) groups excluding carboxylic acids is 1. The molecule has 1 N–H and O–H groups in total. The maximum Gasteiger partial charge on any atom is 0.320 e. The molecule has 0 bridgehead atoms. The molecule has 0 atom stereocenters. The van der Waals surface area contributed by atoms with Crippen LogP contribution in [0.4, 0.5) is 0 Å². The molecule has 0 spiro atoms. The molecule has 0 unspecified atom stereocenters. The van der Waals surface area contributed by atoms with Gasteiger partial charge in [0, 0.05) is 20.2 Å². The van der Waals surface area contributed by atoms with Gasteiger partial charge in [-0.3, -0.25) is 9.69 Å². The molecular weight excluding hydrogens is 210 g/mol. The number of hydrogen-bond acceptors (Lipinski definition) is 5. The monoisotopic (exact) mass is 233 g/mol. The molecular formula is C11H23NO4. The summed E-state index contributed by atoms with van der Waals surface area (Å²) in [5.74, 6) is -0.281. The zero-order valence-corrected chi connectivity index (χ0v) is 10.7. The smallest absolute Gasteiger partial charge is 0.320 e. The van der Waals surface area contributed by atoms with Crippen molar-refractivity contribution in [2.75, 3.05) is 40.0 Å². The molecule has 5 heteroatoms. The molecule has 0 aromatic heterocycles. The first-order valence-electron chi connectivity index (χ1n) is 5.43. The van der Waals surface area contributed by atoms with Gasteiger partial charge in [0.25, 0.3) is 0 Å². The van der Waals surface area contributed by atoms with Crippen molar-refractivity contribution < 1.29 is 19.4 Å². The topological polar surface area (TPSA) is 59.0 Å². The second kappa shape index (κ2) is 7.60. The average molecular weight is 233 g/mol. The third-order valence-corrected chi connectivity index (χ3v) is 1.80. The number of aliphatic hydroxyl groups is 1. The van der Waals surface area contributed by atoms with Gasteiger partial charge >= 0.3 is 5.97 Å². The summed E-state index contributed by atoms with van der Waals surface area (Å²) in [5, 5.41) is 8.85. The number of esters is 1. The minimum atomic E-state index is -0.469. The van der Waals surface area contributed by atoms with E-state index in [4.69, 9.17) is 14.6 Å². The van der Waals surface area contributed by atoms with Crippen LogP contribution in [0.15, 0.2) is 0 Å². The molecule has 5 nitrogen and oxygen atoms in total. The number of nitrogens with zero attached hydrogens (tertiary/aromatic N) is 1. The Morgan fingerprint density at radius 2 is 1.94 bits per heavy atom. The Balaban J connectivity index is 4.02. The van der Waals surface area contributed by atoms with Crippen LogP contribution in [0.5, 0.6) is 0 Å². The normalized spacial score (nSPS) is 11.9. The summed E-state index contributed by atoms with van der Waals surface area (Å²) in [4.78, 5) is 13.3. The van der Waals surface area contributed by atoms with Crippen molar-refractivity contribution in [3.05, 3.63) is 0 Å². The van der Waals surface area contributed by atoms with E-state index in [1.165, 1.54) is 0 Å². The van der Waals surface area contributed by atoms with E-state index in [-0.39, 0.29) is 19.1 Å². The lowest BCUT2D eigenvalue weighted by Gasteiger charge is -2.24. The lowest BCUT2D eigenvalue weighted by Crippen LogP contribution is -2.38. The molecule has 0 saturated heterocycles. The highest BCUT2D eigenvalue weighted by Crippen LogP contribution is 2.07. The van der Waals surface area contributed by atoms with E-state index in [2.05, 4.69) is 0 Å². The number of rotatable bonds is 7. The van der Waals surface area contributed by atoms with Crippen LogP contribution in [0.3, 0.4) is 0 Å². The first-order chi connectivity index (χ1) is 7.39. The van der Waals surface area contributed by atoms with E-state index in [1.807, 2.05) is 20.8 Å². The van der Waals surface area contributed by atoms with Gasteiger partial charge in [0.2, 0.25) is 0 Å². The van der Waals surface area contributed by atoms with Gasteiger partial charge in [0.05, 0.1) is 19.8 Å². The lowest BCUT2D eigenvalue weighted by atomic mass is 10.2. The van der Waals surface area contributed by atoms with Gasteiger partial charge in [-0.2, -0.15) is 0 Å². The summed E-state index contributed by atoms with van der Waals surface area (Å²) in [6.45, 7) is 7.28. The fraction of sp³-hybridized carbons (Fsp3) is 0.909. The molecule has 0 saturated carbocycles. The van der Waals surface area contributed by atoms with Crippen molar-refractivity contribution in [2.45, 2.75) is 26.4 Å². The summed E-state index contributed by atoms with van der Waals surface area (Å²) in [6, 6.07) is 0. The molecule has 96 valence electrons. The van der Waals surface area contributed by atoms with Crippen LogP contribution in [0, 0.1) is 0 Å². The highest BCUT2D eigenvalue weighted by atomic mass is 16.6. The summed E-state index contributed by atoms with van der Waals surface area (Å²) in [5.41, 5.74) is -0.469. The quantitative estimate of drug-likeness (QED) is 0.640. The van der Waals surface area contributed by atoms with Crippen LogP contribution in [0.2, 0.25) is 0 Å². The Hall–Kier alpha value is -0.650. The highest BCUT2D eigenvalue weighted by molar-refractivity contribution is 5.72. The van der Waals surface area contributed by atoms with Crippen LogP contribution in [-0.2, 0) is 14.3 Å². The number of aliphatic hydroxyl groups excluding tert-OH is 1.